The Kier molecular flexibility index (Phi) is 4.20. The molecule has 2 amide bonds. The second-order valence-corrected chi connectivity index (χ2v) is 6.90. The van der Waals surface area contributed by atoms with Gasteiger partial charge in [-0.1, -0.05) is 0 Å². The number of nitrogens with one attached hydrogen (secondary N) is 1. The van der Waals surface area contributed by atoms with E-state index >= 15 is 0 Å². The molecule has 1 fully saturated rings. The Labute approximate surface area is 146 Å². The van der Waals surface area contributed by atoms with Crippen molar-refractivity contribution in [3.8, 4) is 0 Å². The number of ether oxygens (including phenoxy) is 1. The lowest BCUT2D eigenvalue weighted by Crippen LogP contribution is -2.41. The molecule has 2 aromatic heterocycles. The van der Waals surface area contributed by atoms with Crippen LogP contribution >= 0.6 is 0 Å². The topological polar surface area (TPSA) is 77.2 Å². The molecule has 134 valence electrons. The van der Waals surface area contributed by atoms with Crippen LogP contribution in [-0.2, 0) is 17.8 Å². The molecule has 3 heterocycles. The van der Waals surface area contributed by atoms with Crippen molar-refractivity contribution < 1.29 is 9.53 Å². The molecule has 8 nitrogen and oxygen atoms in total. The highest BCUT2D eigenvalue weighted by Crippen LogP contribution is 2.39. The SMILES string of the molecule is COCC(C)n1ccc(NC(=O)N2CCn3nc(C4CC4)cc3C2)n1. The fourth-order valence-electron chi connectivity index (χ4n) is 3.20. The van der Waals surface area contributed by atoms with E-state index in [0.717, 1.165) is 12.2 Å². The van der Waals surface area contributed by atoms with Crippen LogP contribution in [0.4, 0.5) is 10.6 Å². The van der Waals surface area contributed by atoms with Crippen LogP contribution in [-0.4, -0.2) is 50.8 Å². The summed E-state index contributed by atoms with van der Waals surface area (Å²) in [5.41, 5.74) is 2.30. The van der Waals surface area contributed by atoms with E-state index < -0.39 is 0 Å². The van der Waals surface area contributed by atoms with E-state index in [4.69, 9.17) is 4.74 Å². The number of rotatable bonds is 5. The maximum absolute atomic E-state index is 12.5. The van der Waals surface area contributed by atoms with Crippen molar-refractivity contribution in [1.82, 2.24) is 24.5 Å². The Bertz CT molecular complexity index is 763. The minimum atomic E-state index is -0.120. The summed E-state index contributed by atoms with van der Waals surface area (Å²) in [7, 11) is 1.67. The van der Waals surface area contributed by atoms with Crippen LogP contribution in [0.2, 0.25) is 0 Å². The molecule has 1 atom stereocenters. The zero-order chi connectivity index (χ0) is 17.4. The fraction of sp³-hybridized carbons (Fsp3) is 0.588. The van der Waals surface area contributed by atoms with Crippen LogP contribution in [0.5, 0.6) is 0 Å². The summed E-state index contributed by atoms with van der Waals surface area (Å²) in [4.78, 5) is 14.4. The summed E-state index contributed by atoms with van der Waals surface area (Å²) in [6.07, 6.45) is 4.34. The summed E-state index contributed by atoms with van der Waals surface area (Å²) in [6, 6.07) is 3.97. The van der Waals surface area contributed by atoms with Gasteiger partial charge in [0.05, 0.1) is 37.1 Å². The summed E-state index contributed by atoms with van der Waals surface area (Å²) in [5.74, 6) is 1.20. The Morgan fingerprint density at radius 3 is 3.00 bits per heavy atom. The predicted octanol–water partition coefficient (Wildman–Crippen LogP) is 2.21. The number of hydrogen-bond acceptors (Lipinski definition) is 4. The van der Waals surface area contributed by atoms with Gasteiger partial charge in [0, 0.05) is 31.8 Å². The molecule has 0 saturated heterocycles. The molecule has 1 aliphatic carbocycles. The number of carbonyl (C=O) groups is 1. The first-order chi connectivity index (χ1) is 12.1. The number of anilines is 1. The molecule has 1 unspecified atom stereocenters. The fourth-order valence-corrected chi connectivity index (χ4v) is 3.20. The van der Waals surface area contributed by atoms with Gasteiger partial charge in [-0.2, -0.15) is 10.2 Å². The van der Waals surface area contributed by atoms with Gasteiger partial charge in [0.15, 0.2) is 5.82 Å². The first kappa shape index (κ1) is 16.1. The molecule has 0 spiro atoms. The van der Waals surface area contributed by atoms with Gasteiger partial charge in [-0.05, 0) is 25.8 Å². The second kappa shape index (κ2) is 6.51. The molecule has 0 bridgehead atoms. The van der Waals surface area contributed by atoms with Gasteiger partial charge in [0.1, 0.15) is 0 Å². The summed E-state index contributed by atoms with van der Waals surface area (Å²) < 4.78 is 8.97. The summed E-state index contributed by atoms with van der Waals surface area (Å²) in [5, 5.41) is 12.0. The number of carbonyl (C=O) groups excluding carboxylic acids is 1. The van der Waals surface area contributed by atoms with Gasteiger partial charge < -0.3 is 9.64 Å². The van der Waals surface area contributed by atoms with Crippen LogP contribution in [0.3, 0.4) is 0 Å². The first-order valence-corrected chi connectivity index (χ1v) is 8.80. The molecular weight excluding hydrogens is 320 g/mol. The number of urea groups is 1. The van der Waals surface area contributed by atoms with Gasteiger partial charge >= 0.3 is 6.03 Å². The molecule has 1 aliphatic heterocycles. The highest BCUT2D eigenvalue weighted by atomic mass is 16.5. The average molecular weight is 344 g/mol. The number of hydrogen-bond donors (Lipinski definition) is 1. The Hall–Kier alpha value is -2.35. The second-order valence-electron chi connectivity index (χ2n) is 6.90. The lowest BCUT2D eigenvalue weighted by molar-refractivity contribution is 0.157. The lowest BCUT2D eigenvalue weighted by atomic mass is 10.2. The zero-order valence-electron chi connectivity index (χ0n) is 14.7. The van der Waals surface area contributed by atoms with Crippen molar-refractivity contribution in [2.24, 2.45) is 0 Å². The van der Waals surface area contributed by atoms with Crippen LogP contribution in [0, 0.1) is 0 Å². The van der Waals surface area contributed by atoms with Gasteiger partial charge in [0.2, 0.25) is 0 Å². The Balaban J connectivity index is 1.38. The standard InChI is InChI=1S/C17H24N6O2/c1-12(11-25-2)22-6-5-16(20-22)18-17(24)21-7-8-23-14(10-21)9-15(19-23)13-3-4-13/h5-6,9,12-13H,3-4,7-8,10-11H2,1-2H3,(H,18,20,24). The molecule has 1 N–H and O–H groups in total. The van der Waals surface area contributed by atoms with Gasteiger partial charge in [0.25, 0.3) is 0 Å². The minimum absolute atomic E-state index is 0.120. The quantitative estimate of drug-likeness (QED) is 0.902. The molecule has 0 aromatic carbocycles. The minimum Gasteiger partial charge on any atom is -0.382 e. The van der Waals surface area contributed by atoms with E-state index in [1.807, 2.05) is 28.8 Å². The van der Waals surface area contributed by atoms with Crippen molar-refractivity contribution in [2.45, 2.75) is 44.8 Å². The number of aromatic nitrogens is 4. The third kappa shape index (κ3) is 3.39. The summed E-state index contributed by atoms with van der Waals surface area (Å²) in [6.45, 7) is 4.59. The molecular formula is C17H24N6O2. The third-order valence-corrected chi connectivity index (χ3v) is 4.80. The maximum atomic E-state index is 12.5. The molecule has 1 saturated carbocycles. The summed E-state index contributed by atoms with van der Waals surface area (Å²) >= 11 is 0. The van der Waals surface area contributed by atoms with Crippen molar-refractivity contribution in [2.75, 3.05) is 25.6 Å². The van der Waals surface area contributed by atoms with E-state index in [0.29, 0.717) is 31.4 Å². The highest BCUT2D eigenvalue weighted by molar-refractivity contribution is 5.88. The first-order valence-electron chi connectivity index (χ1n) is 8.80. The van der Waals surface area contributed by atoms with E-state index in [1.165, 1.54) is 18.5 Å². The van der Waals surface area contributed by atoms with Gasteiger partial charge in [-0.25, -0.2) is 4.79 Å². The number of methoxy groups -OCH3 is 1. The van der Waals surface area contributed by atoms with Crippen LogP contribution in [0.15, 0.2) is 18.3 Å². The normalized spacial score (nSPS) is 18.1. The van der Waals surface area contributed by atoms with E-state index in [-0.39, 0.29) is 12.1 Å². The van der Waals surface area contributed by atoms with Gasteiger partial charge in [-0.3, -0.25) is 14.7 Å². The lowest BCUT2D eigenvalue weighted by Gasteiger charge is -2.27. The van der Waals surface area contributed by atoms with Gasteiger partial charge in [-0.15, -0.1) is 0 Å². The molecule has 25 heavy (non-hydrogen) atoms. The zero-order valence-corrected chi connectivity index (χ0v) is 14.7. The molecule has 2 aromatic rings. The third-order valence-electron chi connectivity index (χ3n) is 4.80. The van der Waals surface area contributed by atoms with Crippen LogP contribution in [0.25, 0.3) is 0 Å². The maximum Gasteiger partial charge on any atom is 0.323 e. The molecule has 4 rings (SSSR count). The number of amides is 2. The average Bonchev–Trinajstić information content (AvgIpc) is 3.20. The molecule has 0 radical (unpaired) electrons. The number of nitrogens with zero attached hydrogens (tertiary/aromatic N) is 5. The number of fused-ring (bicyclic) bond motifs is 1. The largest absolute Gasteiger partial charge is 0.382 e. The Morgan fingerprint density at radius 2 is 2.24 bits per heavy atom. The van der Waals surface area contributed by atoms with Crippen molar-refractivity contribution in [1.29, 1.82) is 0 Å². The smallest absolute Gasteiger partial charge is 0.323 e. The van der Waals surface area contributed by atoms with Crippen molar-refractivity contribution >= 4 is 11.8 Å². The van der Waals surface area contributed by atoms with E-state index in [9.17, 15) is 4.79 Å². The Morgan fingerprint density at radius 1 is 1.40 bits per heavy atom. The van der Waals surface area contributed by atoms with Crippen LogP contribution in [0.1, 0.15) is 43.1 Å². The predicted molar refractivity (Wildman–Crippen MR) is 92.4 cm³/mol. The van der Waals surface area contributed by atoms with Crippen molar-refractivity contribution in [3.63, 3.8) is 0 Å². The van der Waals surface area contributed by atoms with Crippen molar-refractivity contribution in [3.05, 3.63) is 29.7 Å². The molecule has 8 heteroatoms. The molecule has 2 aliphatic rings. The van der Waals surface area contributed by atoms with E-state index in [2.05, 4.69) is 21.6 Å². The van der Waals surface area contributed by atoms with E-state index in [1.54, 1.807) is 11.8 Å². The monoisotopic (exact) mass is 344 g/mol. The highest BCUT2D eigenvalue weighted by Gasteiger charge is 2.29. The van der Waals surface area contributed by atoms with Crippen LogP contribution < -0.4 is 5.32 Å².